The topological polar surface area (TPSA) is 48.9 Å². The summed E-state index contributed by atoms with van der Waals surface area (Å²) in [5.74, 6) is 1.64. The highest BCUT2D eigenvalue weighted by molar-refractivity contribution is 6.30. The molecule has 0 bridgehead atoms. The molecule has 1 saturated heterocycles. The van der Waals surface area contributed by atoms with Gasteiger partial charge in [0.25, 0.3) is 0 Å². The summed E-state index contributed by atoms with van der Waals surface area (Å²) in [6.45, 7) is 4.81. The maximum absolute atomic E-state index is 5.87. The minimum absolute atomic E-state index is 0.0314. The number of likely N-dealkylation sites (tertiary alicyclic amines) is 1. The molecule has 2 atom stereocenters. The first-order valence-electron chi connectivity index (χ1n) is 8.15. The molecule has 23 heavy (non-hydrogen) atoms. The third-order valence-corrected chi connectivity index (χ3v) is 4.36. The first-order chi connectivity index (χ1) is 11.1. The molecule has 5 nitrogen and oxygen atoms in total. The Morgan fingerprint density at radius 3 is 2.74 bits per heavy atom. The van der Waals surface area contributed by atoms with E-state index in [1.54, 1.807) is 7.05 Å². The van der Waals surface area contributed by atoms with Crippen molar-refractivity contribution in [2.75, 3.05) is 33.7 Å². The third kappa shape index (κ3) is 5.92. The average molecular weight is 339 g/mol. The number of halogens is 1. The molecule has 1 aromatic carbocycles. The van der Waals surface area contributed by atoms with Gasteiger partial charge in [0.2, 0.25) is 0 Å². The van der Waals surface area contributed by atoms with Crippen LogP contribution in [0, 0.1) is 0 Å². The summed E-state index contributed by atoms with van der Waals surface area (Å²) >= 11 is 5.87. The van der Waals surface area contributed by atoms with Gasteiger partial charge in [-0.05, 0) is 57.6 Å². The second-order valence-corrected chi connectivity index (χ2v) is 6.43. The highest BCUT2D eigenvalue weighted by atomic mass is 35.5. The van der Waals surface area contributed by atoms with Crippen molar-refractivity contribution in [3.63, 3.8) is 0 Å². The van der Waals surface area contributed by atoms with Crippen molar-refractivity contribution in [2.24, 2.45) is 4.99 Å². The standard InChI is InChI=1S/C17H27ClN4O/c1-13(23-16-8-6-14(18)7-9-16)11-20-17(19-2)21-12-15-5-4-10-22(15)3/h6-9,13,15H,4-5,10-12H2,1-3H3,(H2,19,20,21). The van der Waals surface area contributed by atoms with Gasteiger partial charge in [0, 0.05) is 24.7 Å². The van der Waals surface area contributed by atoms with Crippen LogP contribution in [0.1, 0.15) is 19.8 Å². The number of benzene rings is 1. The van der Waals surface area contributed by atoms with Gasteiger partial charge in [-0.2, -0.15) is 0 Å². The largest absolute Gasteiger partial charge is 0.489 e. The van der Waals surface area contributed by atoms with Crippen LogP contribution in [0.25, 0.3) is 0 Å². The van der Waals surface area contributed by atoms with Crippen LogP contribution in [0.4, 0.5) is 0 Å². The van der Waals surface area contributed by atoms with Crippen LogP contribution in [-0.2, 0) is 0 Å². The SMILES string of the molecule is CN=C(NCC(C)Oc1ccc(Cl)cc1)NCC1CCCN1C. The molecule has 1 heterocycles. The molecule has 2 N–H and O–H groups in total. The summed E-state index contributed by atoms with van der Waals surface area (Å²) in [4.78, 5) is 6.66. The molecule has 2 rings (SSSR count). The van der Waals surface area contributed by atoms with E-state index in [2.05, 4.69) is 27.6 Å². The lowest BCUT2D eigenvalue weighted by molar-refractivity contribution is 0.223. The van der Waals surface area contributed by atoms with Gasteiger partial charge in [0.05, 0.1) is 6.54 Å². The lowest BCUT2D eigenvalue weighted by Crippen LogP contribution is -2.46. The molecule has 1 fully saturated rings. The summed E-state index contributed by atoms with van der Waals surface area (Å²) in [6.07, 6.45) is 2.56. The Kier molecular flexibility index (Phi) is 6.99. The molecule has 1 aromatic rings. The molecule has 0 radical (unpaired) electrons. The fourth-order valence-electron chi connectivity index (χ4n) is 2.70. The molecule has 1 aliphatic rings. The minimum atomic E-state index is 0.0314. The van der Waals surface area contributed by atoms with Crippen molar-refractivity contribution >= 4 is 17.6 Å². The van der Waals surface area contributed by atoms with Gasteiger partial charge in [0.15, 0.2) is 5.96 Å². The molecule has 0 amide bonds. The Balaban J connectivity index is 1.70. The van der Waals surface area contributed by atoms with E-state index >= 15 is 0 Å². The monoisotopic (exact) mass is 338 g/mol. The van der Waals surface area contributed by atoms with E-state index in [0.29, 0.717) is 17.6 Å². The van der Waals surface area contributed by atoms with Crippen molar-refractivity contribution in [1.29, 1.82) is 0 Å². The second-order valence-electron chi connectivity index (χ2n) is 5.99. The quantitative estimate of drug-likeness (QED) is 0.617. The van der Waals surface area contributed by atoms with E-state index in [4.69, 9.17) is 16.3 Å². The predicted octanol–water partition coefficient (Wildman–Crippen LogP) is 2.37. The van der Waals surface area contributed by atoms with Crippen LogP contribution >= 0.6 is 11.6 Å². The zero-order valence-corrected chi connectivity index (χ0v) is 14.9. The van der Waals surface area contributed by atoms with Gasteiger partial charge in [0.1, 0.15) is 11.9 Å². The molecule has 1 aliphatic heterocycles. The van der Waals surface area contributed by atoms with Crippen molar-refractivity contribution in [1.82, 2.24) is 15.5 Å². The fraction of sp³-hybridized carbons (Fsp3) is 0.588. The third-order valence-electron chi connectivity index (χ3n) is 4.11. The fourth-order valence-corrected chi connectivity index (χ4v) is 2.83. The van der Waals surface area contributed by atoms with E-state index < -0.39 is 0 Å². The van der Waals surface area contributed by atoms with Gasteiger partial charge in [-0.1, -0.05) is 11.6 Å². The number of rotatable bonds is 6. The first kappa shape index (κ1) is 17.9. The van der Waals surface area contributed by atoms with Crippen molar-refractivity contribution in [3.8, 4) is 5.75 Å². The van der Waals surface area contributed by atoms with E-state index in [1.165, 1.54) is 19.4 Å². The van der Waals surface area contributed by atoms with Crippen LogP contribution in [0.5, 0.6) is 5.75 Å². The first-order valence-corrected chi connectivity index (χ1v) is 8.53. The van der Waals surface area contributed by atoms with E-state index in [9.17, 15) is 0 Å². The molecule has 0 aromatic heterocycles. The molecule has 2 unspecified atom stereocenters. The second kappa shape index (κ2) is 8.99. The van der Waals surface area contributed by atoms with Gasteiger partial charge in [-0.3, -0.25) is 4.99 Å². The number of ether oxygens (including phenoxy) is 1. The van der Waals surface area contributed by atoms with Gasteiger partial charge in [-0.25, -0.2) is 0 Å². The predicted molar refractivity (Wildman–Crippen MR) is 96.6 cm³/mol. The van der Waals surface area contributed by atoms with Crippen LogP contribution in [0.3, 0.4) is 0 Å². The number of hydrogen-bond acceptors (Lipinski definition) is 3. The summed E-state index contributed by atoms with van der Waals surface area (Å²) in [5, 5.41) is 7.41. The Bertz CT molecular complexity index is 506. The number of nitrogens with zero attached hydrogens (tertiary/aromatic N) is 2. The maximum atomic E-state index is 5.87. The number of likely N-dealkylation sites (N-methyl/N-ethyl adjacent to an activating group) is 1. The minimum Gasteiger partial charge on any atom is -0.489 e. The number of hydrogen-bond donors (Lipinski definition) is 2. The van der Waals surface area contributed by atoms with Gasteiger partial charge < -0.3 is 20.3 Å². The molecular weight excluding hydrogens is 312 g/mol. The summed E-state index contributed by atoms with van der Waals surface area (Å²) in [5.41, 5.74) is 0. The summed E-state index contributed by atoms with van der Waals surface area (Å²) in [6, 6.07) is 8.01. The van der Waals surface area contributed by atoms with Crippen LogP contribution in [0.2, 0.25) is 5.02 Å². The van der Waals surface area contributed by atoms with Gasteiger partial charge in [-0.15, -0.1) is 0 Å². The van der Waals surface area contributed by atoms with Crippen LogP contribution < -0.4 is 15.4 Å². The lowest BCUT2D eigenvalue weighted by Gasteiger charge is -2.22. The Hall–Kier alpha value is -1.46. The van der Waals surface area contributed by atoms with Crippen molar-refractivity contribution < 1.29 is 4.74 Å². The highest BCUT2D eigenvalue weighted by Crippen LogP contribution is 2.16. The van der Waals surface area contributed by atoms with E-state index in [-0.39, 0.29) is 6.10 Å². The zero-order chi connectivity index (χ0) is 16.7. The molecule has 0 aliphatic carbocycles. The number of guanidine groups is 1. The molecular formula is C17H27ClN4O. The number of aliphatic imine (C=N–C) groups is 1. The Morgan fingerprint density at radius 1 is 1.39 bits per heavy atom. The van der Waals surface area contributed by atoms with Gasteiger partial charge >= 0.3 is 0 Å². The molecule has 0 saturated carbocycles. The Labute approximate surface area is 144 Å². The van der Waals surface area contributed by atoms with Crippen LogP contribution in [0.15, 0.2) is 29.3 Å². The smallest absolute Gasteiger partial charge is 0.191 e. The lowest BCUT2D eigenvalue weighted by atomic mass is 10.2. The van der Waals surface area contributed by atoms with Crippen molar-refractivity contribution in [3.05, 3.63) is 29.3 Å². The molecule has 6 heteroatoms. The average Bonchev–Trinajstić information content (AvgIpc) is 2.95. The summed E-state index contributed by atoms with van der Waals surface area (Å²) < 4.78 is 5.85. The summed E-state index contributed by atoms with van der Waals surface area (Å²) in [7, 11) is 3.97. The zero-order valence-electron chi connectivity index (χ0n) is 14.2. The van der Waals surface area contributed by atoms with E-state index in [0.717, 1.165) is 18.3 Å². The van der Waals surface area contributed by atoms with Crippen molar-refractivity contribution in [2.45, 2.75) is 31.9 Å². The molecule has 0 spiro atoms. The number of nitrogens with one attached hydrogen (secondary N) is 2. The van der Waals surface area contributed by atoms with Crippen LogP contribution in [-0.4, -0.2) is 56.7 Å². The van der Waals surface area contributed by atoms with E-state index in [1.807, 2.05) is 31.2 Å². The normalized spacial score (nSPS) is 20.3. The highest BCUT2D eigenvalue weighted by Gasteiger charge is 2.20. The molecule has 128 valence electrons. The Morgan fingerprint density at radius 2 is 2.13 bits per heavy atom. The maximum Gasteiger partial charge on any atom is 0.191 e.